The van der Waals surface area contributed by atoms with Gasteiger partial charge in [0.1, 0.15) is 6.29 Å². The van der Waals surface area contributed by atoms with E-state index in [0.29, 0.717) is 18.3 Å². The van der Waals surface area contributed by atoms with Crippen LogP contribution in [-0.4, -0.2) is 19.4 Å². The van der Waals surface area contributed by atoms with Gasteiger partial charge in [0.15, 0.2) is 0 Å². The van der Waals surface area contributed by atoms with Crippen LogP contribution in [0.2, 0.25) is 0 Å². The molecule has 0 aromatic rings. The van der Waals surface area contributed by atoms with Gasteiger partial charge in [0.25, 0.3) is 0 Å². The SMILES string of the molecule is CCCC(C=O)=CC(=O)OC. The van der Waals surface area contributed by atoms with Crippen LogP contribution < -0.4 is 0 Å². The quantitative estimate of drug-likeness (QED) is 0.347. The maximum absolute atomic E-state index is 10.6. The van der Waals surface area contributed by atoms with Crippen LogP contribution in [0.3, 0.4) is 0 Å². The van der Waals surface area contributed by atoms with Crippen LogP contribution >= 0.6 is 0 Å². The minimum absolute atomic E-state index is 0.472. The van der Waals surface area contributed by atoms with E-state index in [-0.39, 0.29) is 0 Å². The van der Waals surface area contributed by atoms with Crippen molar-refractivity contribution in [3.05, 3.63) is 11.6 Å². The summed E-state index contributed by atoms with van der Waals surface area (Å²) in [5.41, 5.74) is 0.486. The predicted molar refractivity (Wildman–Crippen MR) is 41.1 cm³/mol. The van der Waals surface area contributed by atoms with E-state index in [9.17, 15) is 9.59 Å². The van der Waals surface area contributed by atoms with Crippen molar-refractivity contribution < 1.29 is 14.3 Å². The Bertz CT molecular complexity index is 170. The number of carbonyl (C=O) groups is 2. The van der Waals surface area contributed by atoms with E-state index in [1.54, 1.807) is 0 Å². The molecule has 3 nitrogen and oxygen atoms in total. The number of carbonyl (C=O) groups excluding carboxylic acids is 2. The molecule has 0 aromatic carbocycles. The predicted octanol–water partition coefficient (Wildman–Crippen LogP) is 1.08. The van der Waals surface area contributed by atoms with Gasteiger partial charge in [-0.25, -0.2) is 4.79 Å². The van der Waals surface area contributed by atoms with Crippen molar-refractivity contribution in [2.24, 2.45) is 0 Å². The molecule has 0 unspecified atom stereocenters. The summed E-state index contributed by atoms with van der Waals surface area (Å²) in [7, 11) is 1.28. The average Bonchev–Trinajstić information content (AvgIpc) is 2.03. The van der Waals surface area contributed by atoms with Gasteiger partial charge < -0.3 is 4.74 Å². The number of aldehydes is 1. The van der Waals surface area contributed by atoms with E-state index in [1.165, 1.54) is 13.2 Å². The second-order valence-electron chi connectivity index (χ2n) is 2.11. The maximum Gasteiger partial charge on any atom is 0.330 e. The summed E-state index contributed by atoms with van der Waals surface area (Å²) >= 11 is 0. The molecule has 0 saturated carbocycles. The first kappa shape index (κ1) is 9.88. The van der Waals surface area contributed by atoms with Crippen molar-refractivity contribution in [2.45, 2.75) is 19.8 Å². The van der Waals surface area contributed by atoms with Gasteiger partial charge in [-0.2, -0.15) is 0 Å². The summed E-state index contributed by atoms with van der Waals surface area (Å²) in [5.74, 6) is -0.472. The Labute approximate surface area is 66.0 Å². The molecule has 0 atom stereocenters. The molecule has 0 aromatic heterocycles. The van der Waals surface area contributed by atoms with E-state index >= 15 is 0 Å². The molecule has 0 N–H and O–H groups in total. The summed E-state index contributed by atoms with van der Waals surface area (Å²) in [5, 5.41) is 0. The fourth-order valence-corrected chi connectivity index (χ4v) is 0.664. The third-order valence-corrected chi connectivity index (χ3v) is 1.19. The Hall–Kier alpha value is -1.12. The molecule has 0 amide bonds. The molecule has 0 radical (unpaired) electrons. The minimum atomic E-state index is -0.472. The van der Waals surface area contributed by atoms with Crippen LogP contribution in [0.15, 0.2) is 11.6 Å². The van der Waals surface area contributed by atoms with Crippen LogP contribution in [0.1, 0.15) is 19.8 Å². The molecule has 0 aliphatic heterocycles. The zero-order valence-electron chi connectivity index (χ0n) is 6.79. The van der Waals surface area contributed by atoms with E-state index in [2.05, 4.69) is 4.74 Å². The third kappa shape index (κ3) is 4.31. The Morgan fingerprint density at radius 1 is 1.55 bits per heavy atom. The highest BCUT2D eigenvalue weighted by molar-refractivity contribution is 5.89. The molecule has 3 heteroatoms. The van der Waals surface area contributed by atoms with Crippen molar-refractivity contribution in [3.8, 4) is 0 Å². The van der Waals surface area contributed by atoms with Crippen LogP contribution in [0.5, 0.6) is 0 Å². The monoisotopic (exact) mass is 156 g/mol. The molecule has 0 saturated heterocycles. The second-order valence-corrected chi connectivity index (χ2v) is 2.11. The number of methoxy groups -OCH3 is 1. The molecular formula is C8H12O3. The summed E-state index contributed by atoms with van der Waals surface area (Å²) < 4.78 is 4.35. The minimum Gasteiger partial charge on any atom is -0.466 e. The highest BCUT2D eigenvalue weighted by atomic mass is 16.5. The first-order valence-corrected chi connectivity index (χ1v) is 3.48. The zero-order chi connectivity index (χ0) is 8.69. The first-order valence-electron chi connectivity index (χ1n) is 3.48. The van der Waals surface area contributed by atoms with Crippen LogP contribution in [-0.2, 0) is 14.3 Å². The second kappa shape index (κ2) is 5.65. The van der Waals surface area contributed by atoms with E-state index in [0.717, 1.165) is 6.42 Å². The normalized spacial score (nSPS) is 10.9. The van der Waals surface area contributed by atoms with Crippen molar-refractivity contribution in [1.29, 1.82) is 0 Å². The van der Waals surface area contributed by atoms with Crippen molar-refractivity contribution in [3.63, 3.8) is 0 Å². The highest BCUT2D eigenvalue weighted by Gasteiger charge is 1.98. The lowest BCUT2D eigenvalue weighted by Crippen LogP contribution is -1.97. The first-order chi connectivity index (χ1) is 5.24. The van der Waals surface area contributed by atoms with Crippen molar-refractivity contribution in [2.75, 3.05) is 7.11 Å². The summed E-state index contributed by atoms with van der Waals surface area (Å²) in [6, 6.07) is 0. The third-order valence-electron chi connectivity index (χ3n) is 1.19. The molecule has 11 heavy (non-hydrogen) atoms. The lowest BCUT2D eigenvalue weighted by atomic mass is 10.1. The van der Waals surface area contributed by atoms with Crippen molar-refractivity contribution in [1.82, 2.24) is 0 Å². The van der Waals surface area contributed by atoms with Gasteiger partial charge in [0.2, 0.25) is 0 Å². The maximum atomic E-state index is 10.6. The Kier molecular flexibility index (Phi) is 5.07. The molecule has 0 aliphatic carbocycles. The van der Waals surface area contributed by atoms with E-state index in [4.69, 9.17) is 0 Å². The van der Waals surface area contributed by atoms with E-state index < -0.39 is 5.97 Å². The lowest BCUT2D eigenvalue weighted by molar-refractivity contribution is -0.135. The number of hydrogen-bond donors (Lipinski definition) is 0. The zero-order valence-corrected chi connectivity index (χ0v) is 6.79. The van der Waals surface area contributed by atoms with Gasteiger partial charge in [-0.1, -0.05) is 13.3 Å². The Morgan fingerprint density at radius 3 is 2.55 bits per heavy atom. The molecule has 0 bridgehead atoms. The summed E-state index contributed by atoms with van der Waals surface area (Å²) in [6.07, 6.45) is 3.37. The van der Waals surface area contributed by atoms with Gasteiger partial charge in [-0.15, -0.1) is 0 Å². The van der Waals surface area contributed by atoms with Crippen LogP contribution in [0.4, 0.5) is 0 Å². The molecule has 0 fully saturated rings. The lowest BCUT2D eigenvalue weighted by Gasteiger charge is -1.94. The molecule has 0 aliphatic rings. The highest BCUT2D eigenvalue weighted by Crippen LogP contribution is 2.00. The molecule has 0 heterocycles. The van der Waals surface area contributed by atoms with Gasteiger partial charge in [0, 0.05) is 6.08 Å². The summed E-state index contributed by atoms with van der Waals surface area (Å²) in [6.45, 7) is 1.94. The summed E-state index contributed by atoms with van der Waals surface area (Å²) in [4.78, 5) is 20.9. The standard InChI is InChI=1S/C8H12O3/c1-3-4-7(6-9)5-8(10)11-2/h5-6H,3-4H2,1-2H3. The Balaban J connectivity index is 4.10. The van der Waals surface area contributed by atoms with Crippen LogP contribution in [0.25, 0.3) is 0 Å². The fourth-order valence-electron chi connectivity index (χ4n) is 0.664. The number of ether oxygens (including phenoxy) is 1. The number of esters is 1. The molecule has 62 valence electrons. The van der Waals surface area contributed by atoms with Gasteiger partial charge in [0.05, 0.1) is 7.11 Å². The number of rotatable bonds is 4. The Morgan fingerprint density at radius 2 is 2.18 bits per heavy atom. The number of allylic oxidation sites excluding steroid dienone is 1. The topological polar surface area (TPSA) is 43.4 Å². The molecule has 0 spiro atoms. The van der Waals surface area contributed by atoms with Gasteiger partial charge in [-0.3, -0.25) is 4.79 Å². The largest absolute Gasteiger partial charge is 0.466 e. The van der Waals surface area contributed by atoms with Crippen LogP contribution in [0, 0.1) is 0 Å². The number of hydrogen-bond acceptors (Lipinski definition) is 3. The van der Waals surface area contributed by atoms with Gasteiger partial charge in [-0.05, 0) is 12.0 Å². The fraction of sp³-hybridized carbons (Fsp3) is 0.500. The van der Waals surface area contributed by atoms with Crippen molar-refractivity contribution >= 4 is 12.3 Å². The smallest absolute Gasteiger partial charge is 0.330 e. The molecular weight excluding hydrogens is 144 g/mol. The van der Waals surface area contributed by atoms with E-state index in [1.807, 2.05) is 6.92 Å². The van der Waals surface area contributed by atoms with Gasteiger partial charge >= 0.3 is 5.97 Å². The molecule has 0 rings (SSSR count). The average molecular weight is 156 g/mol.